The lowest BCUT2D eigenvalue weighted by Gasteiger charge is -2.07. The number of methoxy groups -OCH3 is 1. The van der Waals surface area contributed by atoms with Crippen molar-refractivity contribution in [1.82, 2.24) is 9.55 Å². The summed E-state index contributed by atoms with van der Waals surface area (Å²) in [5, 5.41) is 2.98. The van der Waals surface area contributed by atoms with Crippen molar-refractivity contribution in [1.29, 1.82) is 0 Å². The second-order valence-corrected chi connectivity index (χ2v) is 7.35. The Morgan fingerprint density at radius 3 is 2.57 bits per heavy atom. The van der Waals surface area contributed by atoms with E-state index >= 15 is 0 Å². The summed E-state index contributed by atoms with van der Waals surface area (Å²) < 4.78 is 7.35. The Balaban J connectivity index is 1.45. The summed E-state index contributed by atoms with van der Waals surface area (Å²) in [6, 6.07) is 23.8. The number of carbonyl (C=O) groups excluding carboxylic acids is 1. The van der Waals surface area contributed by atoms with Gasteiger partial charge >= 0.3 is 0 Å². The van der Waals surface area contributed by atoms with Crippen LogP contribution in [-0.4, -0.2) is 22.6 Å². The van der Waals surface area contributed by atoms with Crippen molar-refractivity contribution >= 4 is 22.6 Å². The van der Waals surface area contributed by atoms with Crippen molar-refractivity contribution in [2.24, 2.45) is 7.05 Å². The molecule has 0 atom stereocenters. The number of ether oxygens (including phenoxy) is 1. The summed E-state index contributed by atoms with van der Waals surface area (Å²) in [4.78, 5) is 17.3. The van der Waals surface area contributed by atoms with E-state index in [1.165, 1.54) is 5.56 Å². The molecule has 1 heterocycles. The van der Waals surface area contributed by atoms with Crippen LogP contribution in [0.25, 0.3) is 11.0 Å². The van der Waals surface area contributed by atoms with Crippen LogP contribution in [0.1, 0.15) is 17.0 Å². The molecule has 0 saturated carbocycles. The molecule has 152 valence electrons. The lowest BCUT2D eigenvalue weighted by molar-refractivity contribution is -0.115. The minimum atomic E-state index is -0.0668. The lowest BCUT2D eigenvalue weighted by Crippen LogP contribution is -2.14. The summed E-state index contributed by atoms with van der Waals surface area (Å²) in [5.41, 5.74) is 4.91. The molecule has 4 rings (SSSR count). The van der Waals surface area contributed by atoms with E-state index in [2.05, 4.69) is 34.1 Å². The Bertz CT molecular complexity index is 1170. The molecular weight excluding hydrogens is 374 g/mol. The number of aromatic nitrogens is 2. The maximum absolute atomic E-state index is 12.5. The number of carbonyl (C=O) groups is 1. The van der Waals surface area contributed by atoms with Crippen LogP contribution in [0.4, 0.5) is 5.69 Å². The Kier molecular flexibility index (Phi) is 5.80. The maximum Gasteiger partial charge on any atom is 0.228 e. The molecule has 0 unspecified atom stereocenters. The molecule has 0 saturated heterocycles. The van der Waals surface area contributed by atoms with Crippen molar-refractivity contribution in [3.63, 3.8) is 0 Å². The Labute approximate surface area is 176 Å². The molecular formula is C25H25N3O2. The summed E-state index contributed by atoms with van der Waals surface area (Å²) in [7, 11) is 3.66. The van der Waals surface area contributed by atoms with Gasteiger partial charge in [0.05, 0.1) is 24.6 Å². The molecule has 5 nitrogen and oxygen atoms in total. The first-order valence-electron chi connectivity index (χ1n) is 10.0. The number of nitrogens with zero attached hydrogens (tertiary/aromatic N) is 2. The largest absolute Gasteiger partial charge is 0.497 e. The third-order valence-electron chi connectivity index (χ3n) is 5.24. The number of hydrogen-bond acceptors (Lipinski definition) is 3. The zero-order chi connectivity index (χ0) is 20.9. The van der Waals surface area contributed by atoms with E-state index < -0.39 is 0 Å². The first-order chi connectivity index (χ1) is 14.6. The number of hydrogen-bond donors (Lipinski definition) is 1. The van der Waals surface area contributed by atoms with Gasteiger partial charge in [-0.3, -0.25) is 4.79 Å². The van der Waals surface area contributed by atoms with Gasteiger partial charge in [-0.1, -0.05) is 42.5 Å². The highest BCUT2D eigenvalue weighted by Crippen LogP contribution is 2.21. The normalized spacial score (nSPS) is 10.9. The minimum Gasteiger partial charge on any atom is -0.497 e. The van der Waals surface area contributed by atoms with Crippen LogP contribution in [0.5, 0.6) is 5.75 Å². The zero-order valence-electron chi connectivity index (χ0n) is 17.3. The predicted molar refractivity (Wildman–Crippen MR) is 120 cm³/mol. The van der Waals surface area contributed by atoms with Gasteiger partial charge in [-0.2, -0.15) is 0 Å². The van der Waals surface area contributed by atoms with Crippen LogP contribution >= 0.6 is 0 Å². The fourth-order valence-electron chi connectivity index (χ4n) is 3.62. The molecule has 0 radical (unpaired) electrons. The summed E-state index contributed by atoms with van der Waals surface area (Å²) >= 11 is 0. The average Bonchev–Trinajstić information content (AvgIpc) is 3.08. The molecule has 0 aliphatic rings. The molecule has 30 heavy (non-hydrogen) atoms. The molecule has 5 heteroatoms. The number of anilines is 1. The van der Waals surface area contributed by atoms with Gasteiger partial charge in [0.25, 0.3) is 0 Å². The van der Waals surface area contributed by atoms with Gasteiger partial charge in [0.2, 0.25) is 5.91 Å². The third-order valence-corrected chi connectivity index (χ3v) is 5.24. The number of benzene rings is 3. The Morgan fingerprint density at radius 2 is 1.77 bits per heavy atom. The van der Waals surface area contributed by atoms with Crippen molar-refractivity contribution < 1.29 is 9.53 Å². The fourth-order valence-corrected chi connectivity index (χ4v) is 3.62. The quantitative estimate of drug-likeness (QED) is 0.496. The third kappa shape index (κ3) is 4.51. The predicted octanol–water partition coefficient (Wildman–Crippen LogP) is 4.55. The van der Waals surface area contributed by atoms with Crippen LogP contribution in [0.3, 0.4) is 0 Å². The molecule has 0 spiro atoms. The van der Waals surface area contributed by atoms with Crippen molar-refractivity contribution in [2.45, 2.75) is 19.3 Å². The number of imidazole rings is 1. The highest BCUT2D eigenvalue weighted by atomic mass is 16.5. The fraction of sp³-hybridized carbons (Fsp3) is 0.200. The molecule has 1 aromatic heterocycles. The Hall–Kier alpha value is -3.60. The molecule has 1 N–H and O–H groups in total. The van der Waals surface area contributed by atoms with E-state index in [1.54, 1.807) is 7.11 Å². The van der Waals surface area contributed by atoms with Crippen LogP contribution < -0.4 is 10.1 Å². The summed E-state index contributed by atoms with van der Waals surface area (Å²) in [6.45, 7) is 0. The molecule has 1 amide bonds. The average molecular weight is 399 g/mol. The molecule has 0 fully saturated rings. The van der Waals surface area contributed by atoms with Crippen LogP contribution in [0, 0.1) is 0 Å². The van der Waals surface area contributed by atoms with Crippen LogP contribution in [0.15, 0.2) is 72.8 Å². The standard InChI is InChI=1S/C25H25N3O2/c1-28-23-13-12-20(26-25(29)16-19-9-6-10-21(15-19)30-2)17-22(23)27-24(28)14-11-18-7-4-3-5-8-18/h3-10,12-13,15,17H,11,14,16H2,1-2H3,(H,26,29). The number of amides is 1. The van der Waals surface area contributed by atoms with E-state index in [9.17, 15) is 4.79 Å². The van der Waals surface area contributed by atoms with Crippen molar-refractivity contribution in [3.8, 4) is 5.75 Å². The van der Waals surface area contributed by atoms with Crippen molar-refractivity contribution in [2.75, 3.05) is 12.4 Å². The monoisotopic (exact) mass is 399 g/mol. The van der Waals surface area contributed by atoms with Crippen molar-refractivity contribution in [3.05, 3.63) is 89.7 Å². The highest BCUT2D eigenvalue weighted by Gasteiger charge is 2.10. The van der Waals surface area contributed by atoms with Gasteiger partial charge in [-0.05, 0) is 47.9 Å². The van der Waals surface area contributed by atoms with E-state index in [1.807, 2.05) is 55.6 Å². The first kappa shape index (κ1) is 19.7. The number of fused-ring (bicyclic) bond motifs is 1. The second-order valence-electron chi connectivity index (χ2n) is 7.35. The lowest BCUT2D eigenvalue weighted by atomic mass is 10.1. The highest BCUT2D eigenvalue weighted by molar-refractivity contribution is 5.94. The van der Waals surface area contributed by atoms with Crippen LogP contribution in [0.2, 0.25) is 0 Å². The van der Waals surface area contributed by atoms with Gasteiger partial charge in [-0.15, -0.1) is 0 Å². The smallest absolute Gasteiger partial charge is 0.228 e. The van der Waals surface area contributed by atoms with Gasteiger partial charge < -0.3 is 14.6 Å². The summed E-state index contributed by atoms with van der Waals surface area (Å²) in [6.07, 6.45) is 2.11. The van der Waals surface area contributed by atoms with Gasteiger partial charge in [0.1, 0.15) is 11.6 Å². The number of aryl methyl sites for hydroxylation is 3. The van der Waals surface area contributed by atoms with Gasteiger partial charge in [0.15, 0.2) is 0 Å². The SMILES string of the molecule is COc1cccc(CC(=O)Nc2ccc3c(c2)nc(CCc2ccccc2)n3C)c1. The zero-order valence-corrected chi connectivity index (χ0v) is 17.3. The van der Waals surface area contributed by atoms with E-state index in [0.717, 1.165) is 46.7 Å². The van der Waals surface area contributed by atoms with E-state index in [0.29, 0.717) is 6.42 Å². The maximum atomic E-state index is 12.5. The molecule has 0 bridgehead atoms. The Morgan fingerprint density at radius 1 is 0.967 bits per heavy atom. The molecule has 4 aromatic rings. The summed E-state index contributed by atoms with van der Waals surface area (Å²) in [5.74, 6) is 1.72. The van der Waals surface area contributed by atoms with Crippen LogP contribution in [-0.2, 0) is 31.1 Å². The minimum absolute atomic E-state index is 0.0668. The molecule has 0 aliphatic heterocycles. The number of rotatable bonds is 7. The topological polar surface area (TPSA) is 56.1 Å². The van der Waals surface area contributed by atoms with E-state index in [4.69, 9.17) is 9.72 Å². The molecule has 3 aromatic carbocycles. The van der Waals surface area contributed by atoms with Gasteiger partial charge in [0, 0.05) is 19.2 Å². The number of nitrogens with one attached hydrogen (secondary N) is 1. The van der Waals surface area contributed by atoms with Gasteiger partial charge in [-0.25, -0.2) is 4.98 Å². The van der Waals surface area contributed by atoms with E-state index in [-0.39, 0.29) is 5.91 Å². The molecule has 0 aliphatic carbocycles. The first-order valence-corrected chi connectivity index (χ1v) is 10.0. The second kappa shape index (κ2) is 8.82.